The van der Waals surface area contributed by atoms with Gasteiger partial charge in [0, 0.05) is 16.1 Å². The average molecular weight is 683 g/mol. The number of rotatable bonds is 10. The van der Waals surface area contributed by atoms with Crippen LogP contribution >= 0.6 is 27.3 Å². The second-order valence-electron chi connectivity index (χ2n) is 9.64. The van der Waals surface area contributed by atoms with Crippen molar-refractivity contribution in [3.05, 3.63) is 105 Å². The maximum atomic E-state index is 14.1. The van der Waals surface area contributed by atoms with Gasteiger partial charge in [0.05, 0.1) is 53.2 Å². The summed E-state index contributed by atoms with van der Waals surface area (Å²) < 4.78 is 24.7. The largest absolute Gasteiger partial charge is 0.497 e. The number of fused-ring (bicyclic) bond motifs is 1. The molecule has 0 radical (unpaired) electrons. The molecule has 228 valence electrons. The van der Waals surface area contributed by atoms with Crippen LogP contribution in [0, 0.1) is 10.1 Å². The number of hydrogen-bond donors (Lipinski definition) is 0. The molecule has 1 atom stereocenters. The number of methoxy groups -OCH3 is 2. The highest BCUT2D eigenvalue weighted by molar-refractivity contribution is 9.10. The van der Waals surface area contributed by atoms with E-state index >= 15 is 0 Å². The van der Waals surface area contributed by atoms with Gasteiger partial charge < -0.3 is 18.6 Å². The van der Waals surface area contributed by atoms with E-state index in [0.717, 1.165) is 15.8 Å². The number of esters is 1. The molecule has 2 aromatic heterocycles. The number of nitro groups is 1. The Hall–Kier alpha value is -4.49. The summed E-state index contributed by atoms with van der Waals surface area (Å²) in [6.07, 6.45) is 2.77. The summed E-state index contributed by atoms with van der Waals surface area (Å²) in [7, 11) is 2.95. The number of allylic oxidation sites excluding steroid dienone is 1. The van der Waals surface area contributed by atoms with Crippen LogP contribution in [0.15, 0.2) is 78.5 Å². The second kappa shape index (κ2) is 13.0. The second-order valence-corrected chi connectivity index (χ2v) is 11.6. The van der Waals surface area contributed by atoms with Crippen molar-refractivity contribution in [2.24, 2.45) is 4.99 Å². The Kier molecular flexibility index (Phi) is 9.16. The zero-order valence-corrected chi connectivity index (χ0v) is 26.7. The predicted octanol–water partition coefficient (Wildman–Crippen LogP) is 5.53. The van der Waals surface area contributed by atoms with E-state index in [1.807, 2.05) is 19.1 Å². The first-order valence-corrected chi connectivity index (χ1v) is 15.3. The standard InChI is InChI=1S/C31H28BrN3O8S/c1-5-7-22-27(30(37)42-6-2)28(21-14-17(32)8-12-24(21)41-4)34-29(36)26(44-31(34)33-22)16-19-10-13-25(43-19)20-11-9-18(40-3)15-23(20)35(38)39/h8-16,28H,5-7H2,1-4H3/b26-16+/t28-/m1/s1. The molecule has 0 N–H and O–H groups in total. The number of benzene rings is 2. The fourth-order valence-electron chi connectivity index (χ4n) is 5.04. The Labute approximate surface area is 264 Å². The topological polar surface area (TPSA) is 135 Å². The molecule has 0 amide bonds. The van der Waals surface area contributed by atoms with Gasteiger partial charge in [0.1, 0.15) is 29.1 Å². The fourth-order valence-corrected chi connectivity index (χ4v) is 6.42. The molecule has 2 aromatic carbocycles. The van der Waals surface area contributed by atoms with E-state index in [4.69, 9.17) is 23.6 Å². The first kappa shape index (κ1) is 31.0. The molecule has 0 aliphatic carbocycles. The van der Waals surface area contributed by atoms with Crippen molar-refractivity contribution in [1.29, 1.82) is 0 Å². The van der Waals surface area contributed by atoms with E-state index in [2.05, 4.69) is 15.9 Å². The van der Waals surface area contributed by atoms with Crippen molar-refractivity contribution in [2.75, 3.05) is 20.8 Å². The van der Waals surface area contributed by atoms with Gasteiger partial charge in [-0.1, -0.05) is 40.6 Å². The summed E-state index contributed by atoms with van der Waals surface area (Å²) in [6.45, 7) is 3.86. The Bertz CT molecular complexity index is 1970. The Balaban J connectivity index is 1.70. The highest BCUT2D eigenvalue weighted by Gasteiger charge is 2.36. The van der Waals surface area contributed by atoms with E-state index in [1.54, 1.807) is 43.3 Å². The maximum Gasteiger partial charge on any atom is 0.338 e. The molecular formula is C31H28BrN3O8S. The van der Waals surface area contributed by atoms with Crippen molar-refractivity contribution in [3.63, 3.8) is 0 Å². The van der Waals surface area contributed by atoms with Crippen LogP contribution in [0.2, 0.25) is 0 Å². The minimum absolute atomic E-state index is 0.154. The third-order valence-electron chi connectivity index (χ3n) is 6.95. The Morgan fingerprint density at radius 1 is 1.16 bits per heavy atom. The highest BCUT2D eigenvalue weighted by atomic mass is 79.9. The molecule has 0 spiro atoms. The van der Waals surface area contributed by atoms with Crippen molar-refractivity contribution in [2.45, 2.75) is 32.7 Å². The third-order valence-corrected chi connectivity index (χ3v) is 8.42. The molecule has 11 nitrogen and oxygen atoms in total. The highest BCUT2D eigenvalue weighted by Crippen LogP contribution is 2.38. The van der Waals surface area contributed by atoms with Gasteiger partial charge in [0.25, 0.3) is 11.2 Å². The van der Waals surface area contributed by atoms with Crippen molar-refractivity contribution in [1.82, 2.24) is 4.57 Å². The molecule has 0 fully saturated rings. The molecule has 0 unspecified atom stereocenters. The number of carbonyl (C=O) groups is 1. The zero-order valence-electron chi connectivity index (χ0n) is 24.3. The number of aromatic nitrogens is 1. The summed E-state index contributed by atoms with van der Waals surface area (Å²) in [5.74, 6) is 0.840. The lowest BCUT2D eigenvalue weighted by atomic mass is 9.93. The summed E-state index contributed by atoms with van der Waals surface area (Å²) >= 11 is 4.67. The summed E-state index contributed by atoms with van der Waals surface area (Å²) in [5, 5.41) is 11.7. The fraction of sp³-hybridized carbons (Fsp3) is 0.258. The molecule has 0 saturated carbocycles. The van der Waals surface area contributed by atoms with Gasteiger partial charge in [0.15, 0.2) is 4.80 Å². The number of ether oxygens (including phenoxy) is 3. The summed E-state index contributed by atoms with van der Waals surface area (Å²) in [4.78, 5) is 43.9. The number of furan rings is 1. The van der Waals surface area contributed by atoms with Crippen LogP contribution < -0.4 is 24.4 Å². The van der Waals surface area contributed by atoms with Gasteiger partial charge in [-0.2, -0.15) is 0 Å². The first-order valence-electron chi connectivity index (χ1n) is 13.7. The van der Waals surface area contributed by atoms with E-state index < -0.39 is 22.5 Å². The first-order chi connectivity index (χ1) is 21.2. The Morgan fingerprint density at radius 2 is 1.95 bits per heavy atom. The van der Waals surface area contributed by atoms with Gasteiger partial charge in [-0.3, -0.25) is 19.5 Å². The summed E-state index contributed by atoms with van der Waals surface area (Å²) in [5.41, 5.74) is 1.10. The van der Waals surface area contributed by atoms with Crippen LogP contribution in [0.5, 0.6) is 11.5 Å². The molecular weight excluding hydrogens is 654 g/mol. The number of carbonyl (C=O) groups excluding carboxylic acids is 1. The lowest BCUT2D eigenvalue weighted by molar-refractivity contribution is -0.384. The molecule has 1 aliphatic rings. The van der Waals surface area contributed by atoms with Crippen LogP contribution in [-0.2, 0) is 9.53 Å². The quantitative estimate of drug-likeness (QED) is 0.121. The van der Waals surface area contributed by atoms with E-state index in [-0.39, 0.29) is 29.2 Å². The molecule has 0 saturated heterocycles. The lowest BCUT2D eigenvalue weighted by Gasteiger charge is -2.27. The van der Waals surface area contributed by atoms with Crippen LogP contribution in [0.3, 0.4) is 0 Å². The zero-order chi connectivity index (χ0) is 31.5. The van der Waals surface area contributed by atoms with E-state index in [0.29, 0.717) is 50.7 Å². The maximum absolute atomic E-state index is 14.1. The number of nitro benzene ring substituents is 1. The van der Waals surface area contributed by atoms with Crippen LogP contribution in [-0.4, -0.2) is 36.3 Å². The van der Waals surface area contributed by atoms with Crippen molar-refractivity contribution in [3.8, 4) is 22.8 Å². The van der Waals surface area contributed by atoms with E-state index in [1.165, 1.54) is 24.9 Å². The van der Waals surface area contributed by atoms with Gasteiger partial charge in [0.2, 0.25) is 0 Å². The lowest BCUT2D eigenvalue weighted by Crippen LogP contribution is -2.40. The monoisotopic (exact) mass is 681 g/mol. The van der Waals surface area contributed by atoms with Crippen LogP contribution in [0.1, 0.15) is 44.1 Å². The minimum Gasteiger partial charge on any atom is -0.497 e. The molecule has 44 heavy (non-hydrogen) atoms. The van der Waals surface area contributed by atoms with Crippen LogP contribution in [0.25, 0.3) is 17.4 Å². The van der Waals surface area contributed by atoms with Crippen molar-refractivity contribution < 1.29 is 28.3 Å². The smallest absolute Gasteiger partial charge is 0.338 e. The Morgan fingerprint density at radius 3 is 2.64 bits per heavy atom. The normalized spacial score (nSPS) is 14.7. The number of halogens is 1. The van der Waals surface area contributed by atoms with Gasteiger partial charge in [-0.05, 0) is 55.8 Å². The third kappa shape index (κ3) is 5.84. The molecule has 3 heterocycles. The number of nitrogens with zero attached hydrogens (tertiary/aromatic N) is 3. The molecule has 1 aliphatic heterocycles. The van der Waals surface area contributed by atoms with E-state index in [9.17, 15) is 19.7 Å². The van der Waals surface area contributed by atoms with Crippen molar-refractivity contribution >= 4 is 45.0 Å². The molecule has 0 bridgehead atoms. The minimum atomic E-state index is -0.865. The molecule has 4 aromatic rings. The predicted molar refractivity (Wildman–Crippen MR) is 168 cm³/mol. The average Bonchev–Trinajstić information content (AvgIpc) is 3.60. The van der Waals surface area contributed by atoms with Gasteiger partial charge in [-0.15, -0.1) is 0 Å². The van der Waals surface area contributed by atoms with Gasteiger partial charge >= 0.3 is 5.97 Å². The molecule has 13 heteroatoms. The van der Waals surface area contributed by atoms with Gasteiger partial charge in [-0.25, -0.2) is 9.79 Å². The summed E-state index contributed by atoms with van der Waals surface area (Å²) in [6, 6.07) is 12.2. The number of thiazole rings is 1. The number of hydrogen-bond acceptors (Lipinski definition) is 10. The molecule has 5 rings (SSSR count). The van der Waals surface area contributed by atoms with Crippen LogP contribution in [0.4, 0.5) is 5.69 Å². The SMILES string of the molecule is CCCC1=C(C(=O)OCC)[C@@H](c2cc(Br)ccc2OC)n2c(s/c(=C/c3ccc(-c4ccc(OC)cc4[N+](=O)[O-])o3)c2=O)=N1.